The molecule has 0 N–H and O–H groups in total. The van der Waals surface area contributed by atoms with Crippen LogP contribution in [0, 0.1) is 5.41 Å². The van der Waals surface area contributed by atoms with Crippen LogP contribution in [0.5, 0.6) is 0 Å². The van der Waals surface area contributed by atoms with Crippen LogP contribution >= 0.6 is 0 Å². The smallest absolute Gasteiger partial charge is 0.232 e. The van der Waals surface area contributed by atoms with E-state index in [9.17, 15) is 4.79 Å². The minimum Gasteiger partial charge on any atom is -0.312 e. The Bertz CT molecular complexity index is 351. The van der Waals surface area contributed by atoms with Crippen molar-refractivity contribution in [2.45, 2.75) is 40.5 Å². The molecule has 0 radical (unpaired) electrons. The number of rotatable bonds is 4. The number of nitrogens with zero attached hydrogens (tertiary/aromatic N) is 1. The van der Waals surface area contributed by atoms with Gasteiger partial charge in [0, 0.05) is 17.6 Å². The van der Waals surface area contributed by atoms with Crippen molar-refractivity contribution >= 4 is 11.6 Å². The summed E-state index contributed by atoms with van der Waals surface area (Å²) >= 11 is 0. The van der Waals surface area contributed by atoms with Crippen LogP contribution < -0.4 is 4.90 Å². The maximum absolute atomic E-state index is 12.4. The Labute approximate surface area is 105 Å². The standard InChI is InChI=1S/C15H23NO/c1-5-6-12-16(14(17)15(2,3)4)13-10-8-7-9-11-13/h7-11H,5-6,12H2,1-4H3. The molecule has 0 aliphatic rings. The molecule has 1 rings (SSSR count). The van der Waals surface area contributed by atoms with Gasteiger partial charge >= 0.3 is 0 Å². The molecule has 1 aromatic carbocycles. The van der Waals surface area contributed by atoms with Gasteiger partial charge < -0.3 is 4.90 Å². The number of carbonyl (C=O) groups excluding carboxylic acids is 1. The summed E-state index contributed by atoms with van der Waals surface area (Å²) < 4.78 is 0. The van der Waals surface area contributed by atoms with Crippen LogP contribution in [0.3, 0.4) is 0 Å². The van der Waals surface area contributed by atoms with E-state index >= 15 is 0 Å². The zero-order chi connectivity index (χ0) is 12.9. The molecule has 0 fully saturated rings. The quantitative estimate of drug-likeness (QED) is 0.773. The van der Waals surface area contributed by atoms with Crippen LogP contribution in [0.1, 0.15) is 40.5 Å². The number of amides is 1. The minimum atomic E-state index is -0.330. The van der Waals surface area contributed by atoms with Crippen LogP contribution in [0.25, 0.3) is 0 Å². The molecule has 0 heterocycles. The minimum absolute atomic E-state index is 0.192. The first-order valence-electron chi connectivity index (χ1n) is 6.34. The Morgan fingerprint density at radius 1 is 1.18 bits per heavy atom. The van der Waals surface area contributed by atoms with Crippen molar-refractivity contribution in [1.29, 1.82) is 0 Å². The van der Waals surface area contributed by atoms with Crippen LogP contribution in [-0.2, 0) is 4.79 Å². The molecule has 1 amide bonds. The maximum atomic E-state index is 12.4. The van der Waals surface area contributed by atoms with Crippen LogP contribution in [0.15, 0.2) is 30.3 Å². The van der Waals surface area contributed by atoms with Crippen molar-refractivity contribution in [3.8, 4) is 0 Å². The van der Waals surface area contributed by atoms with Gasteiger partial charge in [-0.15, -0.1) is 0 Å². The van der Waals surface area contributed by atoms with Gasteiger partial charge in [-0.2, -0.15) is 0 Å². The average Bonchev–Trinajstić information content (AvgIpc) is 2.29. The number of benzene rings is 1. The Morgan fingerprint density at radius 3 is 2.24 bits per heavy atom. The number of hydrogen-bond acceptors (Lipinski definition) is 1. The summed E-state index contributed by atoms with van der Waals surface area (Å²) in [7, 11) is 0. The fourth-order valence-electron chi connectivity index (χ4n) is 1.68. The summed E-state index contributed by atoms with van der Waals surface area (Å²) in [4.78, 5) is 14.3. The molecule has 94 valence electrons. The number of unbranched alkanes of at least 4 members (excludes halogenated alkanes) is 1. The second-order valence-corrected chi connectivity index (χ2v) is 5.40. The molecule has 0 saturated carbocycles. The molecular formula is C15H23NO. The highest BCUT2D eigenvalue weighted by Gasteiger charge is 2.27. The van der Waals surface area contributed by atoms with Crippen molar-refractivity contribution in [1.82, 2.24) is 0 Å². The first-order chi connectivity index (χ1) is 7.96. The van der Waals surface area contributed by atoms with E-state index in [0.29, 0.717) is 0 Å². The molecule has 0 aliphatic carbocycles. The first kappa shape index (κ1) is 13.8. The highest BCUT2D eigenvalue weighted by molar-refractivity contribution is 5.96. The predicted octanol–water partition coefficient (Wildman–Crippen LogP) is 3.87. The molecular weight excluding hydrogens is 210 g/mol. The molecule has 2 nitrogen and oxygen atoms in total. The summed E-state index contributed by atoms with van der Waals surface area (Å²) in [6.45, 7) is 8.85. The van der Waals surface area contributed by atoms with Crippen LogP contribution in [-0.4, -0.2) is 12.5 Å². The zero-order valence-electron chi connectivity index (χ0n) is 11.4. The Hall–Kier alpha value is -1.31. The second kappa shape index (κ2) is 5.85. The normalized spacial score (nSPS) is 11.3. The molecule has 17 heavy (non-hydrogen) atoms. The van der Waals surface area contributed by atoms with Crippen molar-refractivity contribution < 1.29 is 4.79 Å². The molecule has 0 bridgehead atoms. The molecule has 0 unspecified atom stereocenters. The SMILES string of the molecule is CCCCN(C(=O)C(C)(C)C)c1ccccc1. The van der Waals surface area contributed by atoms with Crippen LogP contribution in [0.4, 0.5) is 5.69 Å². The van der Waals surface area contributed by atoms with E-state index in [1.807, 2.05) is 56.0 Å². The van der Waals surface area contributed by atoms with E-state index in [0.717, 1.165) is 25.1 Å². The molecule has 0 saturated heterocycles. The summed E-state index contributed by atoms with van der Waals surface area (Å²) in [5.41, 5.74) is 0.671. The zero-order valence-corrected chi connectivity index (χ0v) is 11.4. The van der Waals surface area contributed by atoms with E-state index in [1.165, 1.54) is 0 Å². The second-order valence-electron chi connectivity index (χ2n) is 5.40. The third kappa shape index (κ3) is 3.88. The number of anilines is 1. The molecule has 0 aromatic heterocycles. The van der Waals surface area contributed by atoms with Gasteiger partial charge in [-0.05, 0) is 18.6 Å². The lowest BCUT2D eigenvalue weighted by Crippen LogP contribution is -2.40. The van der Waals surface area contributed by atoms with E-state index in [4.69, 9.17) is 0 Å². The van der Waals surface area contributed by atoms with Crippen LogP contribution in [0.2, 0.25) is 0 Å². The van der Waals surface area contributed by atoms with Gasteiger partial charge in [-0.25, -0.2) is 0 Å². The summed E-state index contributed by atoms with van der Waals surface area (Å²) in [6, 6.07) is 9.93. The van der Waals surface area contributed by atoms with Gasteiger partial charge in [0.1, 0.15) is 0 Å². The molecule has 1 aromatic rings. The highest BCUT2D eigenvalue weighted by Crippen LogP contribution is 2.23. The van der Waals surface area contributed by atoms with Gasteiger partial charge in [0.05, 0.1) is 0 Å². The van der Waals surface area contributed by atoms with E-state index in [2.05, 4.69) is 6.92 Å². The number of carbonyl (C=O) groups is 1. The number of hydrogen-bond donors (Lipinski definition) is 0. The third-order valence-electron chi connectivity index (χ3n) is 2.69. The molecule has 2 heteroatoms. The van der Waals surface area contributed by atoms with Crippen molar-refractivity contribution in [2.75, 3.05) is 11.4 Å². The van der Waals surface area contributed by atoms with Gasteiger partial charge in [-0.1, -0.05) is 52.3 Å². The Kier molecular flexibility index (Phi) is 4.73. The van der Waals surface area contributed by atoms with E-state index < -0.39 is 0 Å². The van der Waals surface area contributed by atoms with Gasteiger partial charge in [0.2, 0.25) is 5.91 Å². The van der Waals surface area contributed by atoms with Crippen molar-refractivity contribution in [3.63, 3.8) is 0 Å². The lowest BCUT2D eigenvalue weighted by Gasteiger charge is -2.29. The van der Waals surface area contributed by atoms with E-state index in [-0.39, 0.29) is 11.3 Å². The lowest BCUT2D eigenvalue weighted by atomic mass is 9.94. The van der Waals surface area contributed by atoms with Gasteiger partial charge in [0.15, 0.2) is 0 Å². The Balaban J connectivity index is 2.92. The Morgan fingerprint density at radius 2 is 1.76 bits per heavy atom. The molecule has 0 aliphatic heterocycles. The summed E-state index contributed by atoms with van der Waals surface area (Å²) in [5.74, 6) is 0.192. The number of para-hydroxylation sites is 1. The monoisotopic (exact) mass is 233 g/mol. The average molecular weight is 233 g/mol. The predicted molar refractivity (Wildman–Crippen MR) is 73.2 cm³/mol. The largest absolute Gasteiger partial charge is 0.312 e. The van der Waals surface area contributed by atoms with E-state index in [1.54, 1.807) is 0 Å². The maximum Gasteiger partial charge on any atom is 0.232 e. The first-order valence-corrected chi connectivity index (χ1v) is 6.34. The molecule has 0 spiro atoms. The van der Waals surface area contributed by atoms with Gasteiger partial charge in [0.25, 0.3) is 0 Å². The van der Waals surface area contributed by atoms with Crippen molar-refractivity contribution in [3.05, 3.63) is 30.3 Å². The summed E-state index contributed by atoms with van der Waals surface area (Å²) in [6.07, 6.45) is 2.14. The summed E-state index contributed by atoms with van der Waals surface area (Å²) in [5, 5.41) is 0. The lowest BCUT2D eigenvalue weighted by molar-refractivity contribution is -0.125. The van der Waals surface area contributed by atoms with Gasteiger partial charge in [-0.3, -0.25) is 4.79 Å². The third-order valence-corrected chi connectivity index (χ3v) is 2.69. The van der Waals surface area contributed by atoms with Crippen molar-refractivity contribution in [2.24, 2.45) is 5.41 Å². The topological polar surface area (TPSA) is 20.3 Å². The molecule has 0 atom stereocenters. The fraction of sp³-hybridized carbons (Fsp3) is 0.533. The highest BCUT2D eigenvalue weighted by atomic mass is 16.2. The fourth-order valence-corrected chi connectivity index (χ4v) is 1.68.